The lowest BCUT2D eigenvalue weighted by Crippen LogP contribution is -2.32. The van der Waals surface area contributed by atoms with E-state index in [9.17, 15) is 14.0 Å². The predicted octanol–water partition coefficient (Wildman–Crippen LogP) is 5.22. The average Bonchev–Trinajstić information content (AvgIpc) is 2.76. The first-order valence-electron chi connectivity index (χ1n) is 9.40. The smallest absolute Gasteiger partial charge is 0.329 e. The molecule has 3 aromatic carbocycles. The van der Waals surface area contributed by atoms with E-state index in [0.29, 0.717) is 21.5 Å². The van der Waals surface area contributed by atoms with E-state index in [1.54, 1.807) is 36.4 Å². The molecule has 0 aliphatic carbocycles. The Labute approximate surface area is 197 Å². The third kappa shape index (κ3) is 6.38. The molecule has 2 N–H and O–H groups in total. The molecule has 0 aliphatic heterocycles. The zero-order valence-electron chi connectivity index (χ0n) is 16.9. The Morgan fingerprint density at radius 3 is 2.56 bits per heavy atom. The minimum Gasteiger partial charge on any atom is -0.488 e. The summed E-state index contributed by atoms with van der Waals surface area (Å²) in [5.74, 6) is -1.70. The number of carbonyl (C=O) groups excluding carboxylic acids is 2. The van der Waals surface area contributed by atoms with Gasteiger partial charge in [0.2, 0.25) is 0 Å². The lowest BCUT2D eigenvalue weighted by atomic mass is 10.2. The van der Waals surface area contributed by atoms with Crippen molar-refractivity contribution in [3.63, 3.8) is 0 Å². The highest BCUT2D eigenvalue weighted by atomic mass is 79.9. The summed E-state index contributed by atoms with van der Waals surface area (Å²) < 4.78 is 20.1. The van der Waals surface area contributed by atoms with Crippen LogP contribution in [-0.2, 0) is 16.2 Å². The van der Waals surface area contributed by atoms with Gasteiger partial charge in [0.25, 0.3) is 0 Å². The fourth-order valence-electron chi connectivity index (χ4n) is 2.58. The number of rotatable bonds is 6. The molecule has 32 heavy (non-hydrogen) atoms. The van der Waals surface area contributed by atoms with Gasteiger partial charge in [-0.05, 0) is 70.9 Å². The quantitative estimate of drug-likeness (QED) is 0.267. The summed E-state index contributed by atoms with van der Waals surface area (Å²) >= 11 is 9.38. The fraction of sp³-hybridized carbons (Fsp3) is 0.0870. The first-order chi connectivity index (χ1) is 15.3. The van der Waals surface area contributed by atoms with E-state index in [2.05, 4.69) is 31.8 Å². The Bertz CT molecular complexity index is 1150. The fourth-order valence-corrected chi connectivity index (χ4v) is 3.30. The average molecular weight is 519 g/mol. The number of nitrogens with zero attached hydrogens (tertiary/aromatic N) is 1. The Hall–Kier alpha value is -3.23. The van der Waals surface area contributed by atoms with Crippen LogP contribution in [0.3, 0.4) is 0 Å². The summed E-state index contributed by atoms with van der Waals surface area (Å²) in [6.45, 7) is 1.88. The van der Waals surface area contributed by atoms with Gasteiger partial charge in [-0.15, -0.1) is 0 Å². The van der Waals surface area contributed by atoms with Crippen LogP contribution >= 0.6 is 27.5 Å². The first kappa shape index (κ1) is 23.4. The number of halogens is 3. The second kappa shape index (κ2) is 10.9. The second-order valence-corrected chi connectivity index (χ2v) is 7.96. The van der Waals surface area contributed by atoms with Gasteiger partial charge in [0.1, 0.15) is 18.2 Å². The van der Waals surface area contributed by atoms with Crippen molar-refractivity contribution in [2.24, 2.45) is 5.10 Å². The molecule has 0 radical (unpaired) electrons. The highest BCUT2D eigenvalue weighted by molar-refractivity contribution is 9.10. The summed E-state index contributed by atoms with van der Waals surface area (Å²) in [7, 11) is 0. The van der Waals surface area contributed by atoms with Crippen molar-refractivity contribution in [2.45, 2.75) is 13.5 Å². The van der Waals surface area contributed by atoms with Gasteiger partial charge < -0.3 is 10.1 Å². The SMILES string of the molecule is Cc1ccc(NC(=O)C(=O)N/N=C\c2ccc(OCc3c(F)cccc3Cl)c(Br)c2)cc1. The van der Waals surface area contributed by atoms with E-state index >= 15 is 0 Å². The normalized spacial score (nSPS) is 10.8. The molecule has 0 saturated carbocycles. The van der Waals surface area contributed by atoms with Crippen LogP contribution in [0.5, 0.6) is 5.75 Å². The van der Waals surface area contributed by atoms with Gasteiger partial charge in [0.15, 0.2) is 0 Å². The summed E-state index contributed by atoms with van der Waals surface area (Å²) in [4.78, 5) is 23.8. The zero-order valence-corrected chi connectivity index (χ0v) is 19.2. The molecule has 9 heteroatoms. The van der Waals surface area contributed by atoms with Gasteiger partial charge in [-0.1, -0.05) is 35.4 Å². The second-order valence-electron chi connectivity index (χ2n) is 6.70. The maximum absolute atomic E-state index is 13.9. The maximum atomic E-state index is 13.9. The molecule has 0 fully saturated rings. The van der Waals surface area contributed by atoms with Crippen LogP contribution in [0, 0.1) is 12.7 Å². The van der Waals surface area contributed by atoms with Crippen LogP contribution in [0.15, 0.2) is 70.2 Å². The highest BCUT2D eigenvalue weighted by Crippen LogP contribution is 2.28. The van der Waals surface area contributed by atoms with Crippen molar-refractivity contribution in [3.05, 3.63) is 92.7 Å². The van der Waals surface area contributed by atoms with E-state index in [1.165, 1.54) is 18.3 Å². The minimum absolute atomic E-state index is 0.0380. The lowest BCUT2D eigenvalue weighted by molar-refractivity contribution is -0.136. The van der Waals surface area contributed by atoms with Crippen LogP contribution in [0.25, 0.3) is 0 Å². The summed E-state index contributed by atoms with van der Waals surface area (Å²) in [6.07, 6.45) is 1.37. The number of nitrogens with one attached hydrogen (secondary N) is 2. The number of anilines is 1. The molecule has 0 spiro atoms. The monoisotopic (exact) mass is 517 g/mol. The number of hydrazone groups is 1. The van der Waals surface area contributed by atoms with Crippen molar-refractivity contribution < 1.29 is 18.7 Å². The van der Waals surface area contributed by atoms with Gasteiger partial charge >= 0.3 is 11.8 Å². The van der Waals surface area contributed by atoms with Crippen molar-refractivity contribution >= 4 is 51.2 Å². The Balaban J connectivity index is 1.54. The van der Waals surface area contributed by atoms with Gasteiger partial charge in [0.05, 0.1) is 15.7 Å². The van der Waals surface area contributed by atoms with E-state index in [-0.39, 0.29) is 17.2 Å². The number of amides is 2. The van der Waals surface area contributed by atoms with Crippen molar-refractivity contribution in [3.8, 4) is 5.75 Å². The predicted molar refractivity (Wildman–Crippen MR) is 125 cm³/mol. The molecule has 0 heterocycles. The summed E-state index contributed by atoms with van der Waals surface area (Å²) in [5, 5.41) is 6.56. The molecule has 2 amide bonds. The van der Waals surface area contributed by atoms with Crippen LogP contribution in [0.1, 0.15) is 16.7 Å². The molecule has 0 bridgehead atoms. The number of aryl methyl sites for hydroxylation is 1. The lowest BCUT2D eigenvalue weighted by Gasteiger charge is -2.10. The van der Waals surface area contributed by atoms with E-state index in [0.717, 1.165) is 5.56 Å². The summed E-state index contributed by atoms with van der Waals surface area (Å²) in [6, 6.07) is 16.5. The van der Waals surface area contributed by atoms with E-state index in [4.69, 9.17) is 16.3 Å². The number of benzene rings is 3. The van der Waals surface area contributed by atoms with Gasteiger partial charge in [-0.25, -0.2) is 9.82 Å². The van der Waals surface area contributed by atoms with Gasteiger partial charge in [-0.2, -0.15) is 5.10 Å². The van der Waals surface area contributed by atoms with Gasteiger partial charge in [0, 0.05) is 11.3 Å². The third-order valence-corrected chi connectivity index (χ3v) is 5.26. The zero-order chi connectivity index (χ0) is 23.1. The number of hydrogen-bond acceptors (Lipinski definition) is 4. The minimum atomic E-state index is -0.900. The molecule has 0 saturated heterocycles. The molecule has 164 valence electrons. The van der Waals surface area contributed by atoms with Crippen LogP contribution in [-0.4, -0.2) is 18.0 Å². The molecule has 3 rings (SSSR count). The molecular weight excluding hydrogens is 501 g/mol. The maximum Gasteiger partial charge on any atom is 0.329 e. The Kier molecular flexibility index (Phi) is 7.97. The third-order valence-electron chi connectivity index (χ3n) is 4.29. The van der Waals surface area contributed by atoms with Crippen molar-refractivity contribution in [1.29, 1.82) is 0 Å². The Morgan fingerprint density at radius 2 is 1.88 bits per heavy atom. The Morgan fingerprint density at radius 1 is 1.12 bits per heavy atom. The molecule has 0 unspecified atom stereocenters. The highest BCUT2D eigenvalue weighted by Gasteiger charge is 2.13. The first-order valence-corrected chi connectivity index (χ1v) is 10.6. The summed E-state index contributed by atoms with van der Waals surface area (Å²) in [5.41, 5.74) is 4.61. The number of hydrogen-bond donors (Lipinski definition) is 2. The molecule has 6 nitrogen and oxygen atoms in total. The molecule has 0 aromatic heterocycles. The standard InChI is InChI=1S/C23H18BrClFN3O3/c1-14-5-8-16(9-6-14)28-22(30)23(31)29-27-12-15-7-10-21(18(24)11-15)32-13-17-19(25)3-2-4-20(17)26/h2-12H,13H2,1H3,(H,28,30)(H,29,31)/b27-12-. The van der Waals surface area contributed by atoms with E-state index < -0.39 is 17.6 Å². The van der Waals surface area contributed by atoms with Crippen molar-refractivity contribution in [1.82, 2.24) is 5.43 Å². The largest absolute Gasteiger partial charge is 0.488 e. The number of ether oxygens (including phenoxy) is 1. The number of carbonyl (C=O) groups is 2. The molecule has 3 aromatic rings. The molecular formula is C23H18BrClFN3O3. The van der Waals surface area contributed by atoms with Crippen LogP contribution in [0.4, 0.5) is 10.1 Å². The topological polar surface area (TPSA) is 79.8 Å². The van der Waals surface area contributed by atoms with E-state index in [1.807, 2.05) is 19.1 Å². The van der Waals surface area contributed by atoms with Gasteiger partial charge in [-0.3, -0.25) is 9.59 Å². The van der Waals surface area contributed by atoms with Crippen LogP contribution in [0.2, 0.25) is 5.02 Å². The molecule has 0 aliphatic rings. The molecule has 0 atom stereocenters. The van der Waals surface area contributed by atoms with Crippen molar-refractivity contribution in [2.75, 3.05) is 5.32 Å². The van der Waals surface area contributed by atoms with Crippen LogP contribution < -0.4 is 15.5 Å².